The molecule has 1 aromatic carbocycles. The highest BCUT2D eigenvalue weighted by Gasteiger charge is 2.06. The molecule has 0 atom stereocenters. The Labute approximate surface area is 105 Å². The molecule has 0 saturated heterocycles. The summed E-state index contributed by atoms with van der Waals surface area (Å²) in [5, 5.41) is 2.70. The monoisotopic (exact) mass is 252 g/mol. The van der Waals surface area contributed by atoms with Gasteiger partial charge in [0, 0.05) is 26.2 Å². The van der Waals surface area contributed by atoms with Crippen molar-refractivity contribution in [2.24, 2.45) is 0 Å². The molecule has 0 fully saturated rings. The number of nitrogens with zero attached hydrogens (tertiary/aromatic N) is 1. The highest BCUT2D eigenvalue weighted by Crippen LogP contribution is 2.15. The van der Waals surface area contributed by atoms with E-state index in [1.54, 1.807) is 18.2 Å². The van der Waals surface area contributed by atoms with Gasteiger partial charge in [-0.2, -0.15) is 0 Å². The molecule has 0 bridgehead atoms. The lowest BCUT2D eigenvalue weighted by Crippen LogP contribution is -2.23. The second-order valence-corrected chi connectivity index (χ2v) is 4.37. The quantitative estimate of drug-likeness (QED) is 0.897. The molecular weight excluding hydrogens is 236 g/mol. The van der Waals surface area contributed by atoms with E-state index in [4.69, 9.17) is 0 Å². The summed E-state index contributed by atoms with van der Waals surface area (Å²) in [6, 6.07) is 7.54. The molecule has 1 N–H and O–H groups in total. The number of thioether (sulfide) groups is 1. The second kappa shape index (κ2) is 6.30. The Kier molecular flexibility index (Phi) is 5.03. The Morgan fingerprint density at radius 3 is 2.71 bits per heavy atom. The first-order valence-corrected chi connectivity index (χ1v) is 6.42. The molecule has 92 valence electrons. The van der Waals surface area contributed by atoms with Crippen molar-refractivity contribution in [1.29, 1.82) is 0 Å². The lowest BCUT2D eigenvalue weighted by Gasteiger charge is -2.16. The molecule has 2 amide bonds. The van der Waals surface area contributed by atoms with Crippen LogP contribution < -0.4 is 10.2 Å². The second-order valence-electron chi connectivity index (χ2n) is 3.59. The zero-order chi connectivity index (χ0) is 12.8. The molecule has 0 spiro atoms. The molecule has 0 aliphatic rings. The van der Waals surface area contributed by atoms with Crippen molar-refractivity contribution < 1.29 is 9.59 Å². The molecule has 0 aliphatic carbocycles. The summed E-state index contributed by atoms with van der Waals surface area (Å²) < 4.78 is 0. The van der Waals surface area contributed by atoms with E-state index in [9.17, 15) is 9.59 Å². The van der Waals surface area contributed by atoms with E-state index in [-0.39, 0.29) is 11.1 Å². The van der Waals surface area contributed by atoms with Crippen LogP contribution >= 0.6 is 11.8 Å². The van der Waals surface area contributed by atoms with Gasteiger partial charge in [-0.1, -0.05) is 23.9 Å². The fourth-order valence-electron chi connectivity index (χ4n) is 1.30. The van der Waals surface area contributed by atoms with Gasteiger partial charge >= 0.3 is 0 Å². The van der Waals surface area contributed by atoms with E-state index in [1.807, 2.05) is 24.3 Å². The SMILES string of the molecule is CSC(=O)NCc1cccc(N(C)C(C)=O)c1. The Morgan fingerprint density at radius 1 is 1.41 bits per heavy atom. The maximum Gasteiger partial charge on any atom is 0.279 e. The number of nitrogens with one attached hydrogen (secondary N) is 1. The number of hydrogen-bond acceptors (Lipinski definition) is 3. The van der Waals surface area contributed by atoms with Crippen molar-refractivity contribution in [3.63, 3.8) is 0 Å². The lowest BCUT2D eigenvalue weighted by atomic mass is 10.2. The number of rotatable bonds is 3. The van der Waals surface area contributed by atoms with Gasteiger partial charge in [-0.3, -0.25) is 9.59 Å². The van der Waals surface area contributed by atoms with E-state index < -0.39 is 0 Å². The predicted molar refractivity (Wildman–Crippen MR) is 71.3 cm³/mol. The average molecular weight is 252 g/mol. The first kappa shape index (κ1) is 13.6. The zero-order valence-electron chi connectivity index (χ0n) is 10.2. The van der Waals surface area contributed by atoms with Crippen LogP contribution in [0.4, 0.5) is 10.5 Å². The molecule has 1 rings (SSSR count). The van der Waals surface area contributed by atoms with Crippen LogP contribution in [0.1, 0.15) is 12.5 Å². The molecule has 0 unspecified atom stereocenters. The number of hydrogen-bond donors (Lipinski definition) is 1. The van der Waals surface area contributed by atoms with Gasteiger partial charge in [0.2, 0.25) is 5.91 Å². The van der Waals surface area contributed by atoms with E-state index in [1.165, 1.54) is 6.92 Å². The smallest absolute Gasteiger partial charge is 0.279 e. The molecule has 4 nitrogen and oxygen atoms in total. The number of anilines is 1. The van der Waals surface area contributed by atoms with Gasteiger partial charge in [-0.15, -0.1) is 0 Å². The van der Waals surface area contributed by atoms with Gasteiger partial charge in [-0.05, 0) is 24.0 Å². The van der Waals surface area contributed by atoms with Crippen molar-refractivity contribution in [1.82, 2.24) is 5.32 Å². The summed E-state index contributed by atoms with van der Waals surface area (Å²) in [7, 11) is 1.72. The molecule has 5 heteroatoms. The van der Waals surface area contributed by atoms with Crippen molar-refractivity contribution in [3.8, 4) is 0 Å². The minimum Gasteiger partial charge on any atom is -0.343 e. The first-order chi connectivity index (χ1) is 8.04. The largest absolute Gasteiger partial charge is 0.343 e. The van der Waals surface area contributed by atoms with Gasteiger partial charge in [0.1, 0.15) is 0 Å². The van der Waals surface area contributed by atoms with E-state index in [0.717, 1.165) is 23.0 Å². The summed E-state index contributed by atoms with van der Waals surface area (Å²) in [5.74, 6) is -0.0182. The summed E-state index contributed by atoms with van der Waals surface area (Å²) in [4.78, 5) is 23.9. The Morgan fingerprint density at radius 2 is 2.12 bits per heavy atom. The topological polar surface area (TPSA) is 49.4 Å². The maximum absolute atomic E-state index is 11.2. The molecule has 0 heterocycles. The third-order valence-corrected chi connectivity index (χ3v) is 2.91. The van der Waals surface area contributed by atoms with Crippen LogP contribution in [-0.4, -0.2) is 24.4 Å². The minimum absolute atomic E-state index is 0.0182. The Bertz CT molecular complexity index is 421. The third kappa shape index (κ3) is 4.11. The van der Waals surface area contributed by atoms with E-state index in [0.29, 0.717) is 6.54 Å². The highest BCUT2D eigenvalue weighted by molar-refractivity contribution is 8.12. The number of carbonyl (C=O) groups is 2. The van der Waals surface area contributed by atoms with Crippen LogP contribution in [0.2, 0.25) is 0 Å². The summed E-state index contributed by atoms with van der Waals surface area (Å²) in [5.41, 5.74) is 1.80. The molecule has 0 radical (unpaired) electrons. The van der Waals surface area contributed by atoms with Crippen LogP contribution in [-0.2, 0) is 11.3 Å². The van der Waals surface area contributed by atoms with Crippen LogP contribution in [0.15, 0.2) is 24.3 Å². The van der Waals surface area contributed by atoms with Crippen LogP contribution in [0.3, 0.4) is 0 Å². The normalized spacial score (nSPS) is 9.82. The Balaban J connectivity index is 2.72. The van der Waals surface area contributed by atoms with E-state index in [2.05, 4.69) is 5.32 Å². The van der Waals surface area contributed by atoms with Gasteiger partial charge < -0.3 is 10.2 Å². The van der Waals surface area contributed by atoms with Crippen molar-refractivity contribution in [3.05, 3.63) is 29.8 Å². The molecule has 17 heavy (non-hydrogen) atoms. The van der Waals surface area contributed by atoms with Crippen LogP contribution in [0.5, 0.6) is 0 Å². The molecule has 0 aromatic heterocycles. The molecule has 1 aromatic rings. The van der Waals surface area contributed by atoms with Gasteiger partial charge in [0.25, 0.3) is 5.24 Å². The fourth-order valence-corrected chi connectivity index (χ4v) is 1.52. The number of amides is 2. The zero-order valence-corrected chi connectivity index (χ0v) is 11.0. The summed E-state index contributed by atoms with van der Waals surface area (Å²) in [6.07, 6.45) is 1.73. The average Bonchev–Trinajstić information content (AvgIpc) is 2.35. The lowest BCUT2D eigenvalue weighted by molar-refractivity contribution is -0.116. The summed E-state index contributed by atoms with van der Waals surface area (Å²) in [6.45, 7) is 1.99. The van der Waals surface area contributed by atoms with Crippen LogP contribution in [0.25, 0.3) is 0 Å². The fraction of sp³-hybridized carbons (Fsp3) is 0.333. The standard InChI is InChI=1S/C12H16N2O2S/c1-9(15)14(2)11-6-4-5-10(7-11)8-13-12(16)17-3/h4-7H,8H2,1-3H3,(H,13,16). The van der Waals surface area contributed by atoms with Gasteiger partial charge in [0.15, 0.2) is 0 Å². The molecular formula is C12H16N2O2S. The minimum atomic E-state index is -0.0599. The van der Waals surface area contributed by atoms with Crippen molar-refractivity contribution >= 4 is 28.6 Å². The number of carbonyl (C=O) groups excluding carboxylic acids is 2. The Hall–Kier alpha value is -1.49. The van der Waals surface area contributed by atoms with Gasteiger partial charge in [0.05, 0.1) is 0 Å². The van der Waals surface area contributed by atoms with Crippen molar-refractivity contribution in [2.45, 2.75) is 13.5 Å². The molecule has 0 aliphatic heterocycles. The summed E-state index contributed by atoms with van der Waals surface area (Å²) >= 11 is 1.14. The maximum atomic E-state index is 11.2. The van der Waals surface area contributed by atoms with Crippen molar-refractivity contribution in [2.75, 3.05) is 18.2 Å². The predicted octanol–water partition coefficient (Wildman–Crippen LogP) is 2.24. The van der Waals surface area contributed by atoms with E-state index >= 15 is 0 Å². The first-order valence-electron chi connectivity index (χ1n) is 5.19. The van der Waals surface area contributed by atoms with Crippen LogP contribution in [0, 0.1) is 0 Å². The van der Waals surface area contributed by atoms with Gasteiger partial charge in [-0.25, -0.2) is 0 Å². The number of benzene rings is 1. The highest BCUT2D eigenvalue weighted by atomic mass is 32.2. The third-order valence-electron chi connectivity index (χ3n) is 2.39. The molecule has 0 saturated carbocycles.